The van der Waals surface area contributed by atoms with E-state index < -0.39 is 0 Å². The standard InChI is InChI=1S/C21H17Cl2FN2OS/c22-17-3-1-2-16(20(17)23)18-8-9-19(27-18)21(28)26-12-10-25(11-13-26)15-6-4-14(24)5-7-15/h1-9H,10-13H2. The van der Waals surface area contributed by atoms with Crippen LogP contribution in [0.25, 0.3) is 11.3 Å². The molecule has 2 heterocycles. The number of rotatable bonds is 3. The normalized spacial score (nSPS) is 14.4. The van der Waals surface area contributed by atoms with Crippen LogP contribution in [0.4, 0.5) is 10.1 Å². The first-order chi connectivity index (χ1) is 13.5. The van der Waals surface area contributed by atoms with E-state index >= 15 is 0 Å². The maximum Gasteiger partial charge on any atom is 0.162 e. The van der Waals surface area contributed by atoms with Crippen molar-refractivity contribution in [2.75, 3.05) is 31.1 Å². The molecule has 1 aliphatic rings. The van der Waals surface area contributed by atoms with E-state index in [9.17, 15) is 4.39 Å². The fraction of sp³-hybridized carbons (Fsp3) is 0.190. The van der Waals surface area contributed by atoms with Crippen LogP contribution < -0.4 is 4.90 Å². The summed E-state index contributed by atoms with van der Waals surface area (Å²) >= 11 is 18.0. The molecule has 0 bridgehead atoms. The van der Waals surface area contributed by atoms with Crippen LogP contribution in [0, 0.1) is 5.82 Å². The number of anilines is 1. The van der Waals surface area contributed by atoms with Crippen molar-refractivity contribution in [2.24, 2.45) is 0 Å². The average molecular weight is 435 g/mol. The second kappa shape index (κ2) is 8.11. The number of halogens is 3. The Hall–Kier alpha value is -2.08. The Morgan fingerprint density at radius 2 is 1.64 bits per heavy atom. The van der Waals surface area contributed by atoms with E-state index in [1.165, 1.54) is 12.1 Å². The summed E-state index contributed by atoms with van der Waals surface area (Å²) in [6, 6.07) is 15.7. The summed E-state index contributed by atoms with van der Waals surface area (Å²) in [7, 11) is 0. The van der Waals surface area contributed by atoms with Crippen molar-refractivity contribution < 1.29 is 8.81 Å². The lowest BCUT2D eigenvalue weighted by molar-refractivity contribution is 0.385. The van der Waals surface area contributed by atoms with E-state index in [1.54, 1.807) is 18.2 Å². The van der Waals surface area contributed by atoms with E-state index in [-0.39, 0.29) is 5.82 Å². The van der Waals surface area contributed by atoms with Gasteiger partial charge in [-0.1, -0.05) is 41.5 Å². The van der Waals surface area contributed by atoms with Crippen molar-refractivity contribution in [1.29, 1.82) is 0 Å². The molecule has 1 aromatic heterocycles. The summed E-state index contributed by atoms with van der Waals surface area (Å²) in [6.45, 7) is 3.15. The van der Waals surface area contributed by atoms with Gasteiger partial charge in [0.05, 0.1) is 10.0 Å². The maximum absolute atomic E-state index is 13.1. The molecule has 1 aliphatic heterocycles. The highest BCUT2D eigenvalue weighted by atomic mass is 35.5. The molecule has 0 amide bonds. The van der Waals surface area contributed by atoms with Crippen LogP contribution >= 0.6 is 35.4 Å². The second-order valence-corrected chi connectivity index (χ2v) is 7.69. The van der Waals surface area contributed by atoms with Crippen LogP contribution in [-0.4, -0.2) is 36.1 Å². The minimum absolute atomic E-state index is 0.225. The molecule has 0 aliphatic carbocycles. The SMILES string of the molecule is Fc1ccc(N2CCN(C(=S)c3ccc(-c4cccc(Cl)c4Cl)o3)CC2)cc1. The topological polar surface area (TPSA) is 19.6 Å². The number of furan rings is 1. The molecule has 7 heteroatoms. The van der Waals surface area contributed by atoms with Gasteiger partial charge in [0.1, 0.15) is 16.6 Å². The third-order valence-electron chi connectivity index (χ3n) is 4.79. The van der Waals surface area contributed by atoms with Gasteiger partial charge in [0.15, 0.2) is 5.76 Å². The molecule has 0 N–H and O–H groups in total. The van der Waals surface area contributed by atoms with E-state index in [1.807, 2.05) is 24.3 Å². The molecule has 1 saturated heterocycles. The molecule has 0 unspecified atom stereocenters. The van der Waals surface area contributed by atoms with Gasteiger partial charge in [-0.05, 0) is 48.5 Å². The Morgan fingerprint density at radius 3 is 2.36 bits per heavy atom. The highest BCUT2D eigenvalue weighted by Gasteiger charge is 2.22. The molecule has 3 aromatic rings. The smallest absolute Gasteiger partial charge is 0.162 e. The van der Waals surface area contributed by atoms with Gasteiger partial charge in [-0.15, -0.1) is 0 Å². The second-order valence-electron chi connectivity index (χ2n) is 6.52. The number of benzene rings is 2. The summed E-state index contributed by atoms with van der Waals surface area (Å²) in [5.74, 6) is 1.04. The molecular formula is C21H17Cl2FN2OS. The van der Waals surface area contributed by atoms with Crippen molar-refractivity contribution in [1.82, 2.24) is 4.90 Å². The lowest BCUT2D eigenvalue weighted by Crippen LogP contribution is -2.48. The van der Waals surface area contributed by atoms with Crippen molar-refractivity contribution in [2.45, 2.75) is 0 Å². The van der Waals surface area contributed by atoms with Crippen LogP contribution in [0.1, 0.15) is 5.76 Å². The molecule has 0 atom stereocenters. The van der Waals surface area contributed by atoms with Gasteiger partial charge < -0.3 is 14.2 Å². The van der Waals surface area contributed by atoms with Gasteiger partial charge in [0.25, 0.3) is 0 Å². The molecule has 4 rings (SSSR count). The predicted octanol–water partition coefficient (Wildman–Crippen LogP) is 5.89. The van der Waals surface area contributed by atoms with Gasteiger partial charge in [0.2, 0.25) is 0 Å². The van der Waals surface area contributed by atoms with Crippen molar-refractivity contribution >= 4 is 46.1 Å². The van der Waals surface area contributed by atoms with Gasteiger partial charge in [-0.2, -0.15) is 0 Å². The Morgan fingerprint density at radius 1 is 0.929 bits per heavy atom. The Labute approximate surface area is 178 Å². The van der Waals surface area contributed by atoms with Gasteiger partial charge in [-0.25, -0.2) is 4.39 Å². The summed E-state index contributed by atoms with van der Waals surface area (Å²) in [5, 5.41) is 0.945. The van der Waals surface area contributed by atoms with Gasteiger partial charge in [-0.3, -0.25) is 0 Å². The van der Waals surface area contributed by atoms with Crippen LogP contribution in [0.15, 0.2) is 59.0 Å². The summed E-state index contributed by atoms with van der Waals surface area (Å²) in [6.07, 6.45) is 0. The minimum atomic E-state index is -0.225. The monoisotopic (exact) mass is 434 g/mol. The number of piperazine rings is 1. The molecule has 3 nitrogen and oxygen atoms in total. The third-order valence-corrected chi connectivity index (χ3v) is 6.07. The zero-order valence-corrected chi connectivity index (χ0v) is 17.2. The largest absolute Gasteiger partial charge is 0.454 e. The summed E-state index contributed by atoms with van der Waals surface area (Å²) < 4.78 is 19.1. The number of thiocarbonyl (C=S) groups is 1. The fourth-order valence-electron chi connectivity index (χ4n) is 3.27. The van der Waals surface area contributed by atoms with E-state index in [4.69, 9.17) is 39.8 Å². The molecule has 0 saturated carbocycles. The first-order valence-corrected chi connectivity index (χ1v) is 10.0. The molecule has 1 fully saturated rings. The Balaban J connectivity index is 1.44. The summed E-state index contributed by atoms with van der Waals surface area (Å²) in [5.41, 5.74) is 1.76. The van der Waals surface area contributed by atoms with E-state index in [0.717, 1.165) is 37.4 Å². The highest BCUT2D eigenvalue weighted by molar-refractivity contribution is 7.80. The van der Waals surface area contributed by atoms with Crippen LogP contribution in [0.5, 0.6) is 0 Å². The number of hydrogen-bond donors (Lipinski definition) is 0. The van der Waals surface area contributed by atoms with Crippen LogP contribution in [-0.2, 0) is 0 Å². The minimum Gasteiger partial charge on any atom is -0.454 e. The first-order valence-electron chi connectivity index (χ1n) is 8.87. The van der Waals surface area contributed by atoms with Crippen molar-refractivity contribution in [3.63, 3.8) is 0 Å². The average Bonchev–Trinajstić information content (AvgIpc) is 3.20. The van der Waals surface area contributed by atoms with Crippen LogP contribution in [0.2, 0.25) is 10.0 Å². The van der Waals surface area contributed by atoms with Crippen molar-refractivity contribution in [3.8, 4) is 11.3 Å². The quantitative estimate of drug-likeness (QED) is 0.478. The third kappa shape index (κ3) is 3.88. The maximum atomic E-state index is 13.1. The fourth-order valence-corrected chi connectivity index (χ4v) is 3.95. The zero-order chi connectivity index (χ0) is 19.7. The number of hydrogen-bond acceptors (Lipinski definition) is 3. The van der Waals surface area contributed by atoms with E-state index in [2.05, 4.69) is 9.80 Å². The number of nitrogens with zero attached hydrogens (tertiary/aromatic N) is 2. The molecule has 28 heavy (non-hydrogen) atoms. The molecule has 2 aromatic carbocycles. The van der Waals surface area contributed by atoms with Gasteiger partial charge in [0, 0.05) is 37.4 Å². The summed E-state index contributed by atoms with van der Waals surface area (Å²) in [4.78, 5) is 5.01. The lowest BCUT2D eigenvalue weighted by atomic mass is 10.2. The molecule has 0 spiro atoms. The molecule has 0 radical (unpaired) electrons. The first kappa shape index (κ1) is 19.2. The van der Waals surface area contributed by atoms with Crippen molar-refractivity contribution in [3.05, 3.63) is 76.2 Å². The van der Waals surface area contributed by atoms with Crippen LogP contribution in [0.3, 0.4) is 0 Å². The van der Waals surface area contributed by atoms with Gasteiger partial charge >= 0.3 is 0 Å². The molecular weight excluding hydrogens is 418 g/mol. The van der Waals surface area contributed by atoms with E-state index in [0.29, 0.717) is 26.6 Å². The predicted molar refractivity (Wildman–Crippen MR) is 116 cm³/mol. The molecule has 144 valence electrons. The Bertz CT molecular complexity index is 998. The highest BCUT2D eigenvalue weighted by Crippen LogP contribution is 2.34. The lowest BCUT2D eigenvalue weighted by Gasteiger charge is -2.37. The zero-order valence-electron chi connectivity index (χ0n) is 14.9. The Kier molecular flexibility index (Phi) is 5.58.